The summed E-state index contributed by atoms with van der Waals surface area (Å²) in [5, 5.41) is 25.6. The number of aromatic nitrogens is 3. The van der Waals surface area contributed by atoms with Crippen LogP contribution in [0.5, 0.6) is 46.0 Å². The third-order valence-electron chi connectivity index (χ3n) is 17.9. The van der Waals surface area contributed by atoms with Gasteiger partial charge in [0.2, 0.25) is 9.84 Å². The molecule has 0 saturated carbocycles. The third-order valence-corrected chi connectivity index (χ3v) is 22.2. The fourth-order valence-corrected chi connectivity index (χ4v) is 18.3. The van der Waals surface area contributed by atoms with Crippen LogP contribution in [-0.2, 0) is 9.84 Å². The topological polar surface area (TPSA) is 133 Å². The number of sulfone groups is 1. The number of ether oxygens (including phenoxy) is 4. The molecule has 15 aromatic rings. The Kier molecular flexibility index (Phi) is 9.91. The molecule has 0 radical (unpaired) electrons. The van der Waals surface area contributed by atoms with E-state index in [1.807, 2.05) is 66.7 Å². The van der Waals surface area contributed by atoms with Crippen LogP contribution < -0.4 is 35.3 Å². The van der Waals surface area contributed by atoms with Crippen LogP contribution in [0.4, 0.5) is 0 Å². The van der Waals surface area contributed by atoms with Gasteiger partial charge in [0.15, 0.2) is 0 Å². The molecular formula is C74H40BN5O6S2. The zero-order valence-corrected chi connectivity index (χ0v) is 47.8. The molecule has 0 N–H and O–H groups in total. The Morgan fingerprint density at radius 3 is 1.23 bits per heavy atom. The van der Waals surface area contributed by atoms with Crippen molar-refractivity contribution in [3.8, 4) is 75.2 Å². The smallest absolute Gasteiger partial charge is 0.260 e. The lowest BCUT2D eigenvalue weighted by Gasteiger charge is -2.37. The molecule has 412 valence electrons. The molecule has 0 bridgehead atoms. The van der Waals surface area contributed by atoms with Crippen LogP contribution in [-0.4, -0.2) is 28.8 Å². The number of nitriles is 2. The van der Waals surface area contributed by atoms with Crippen LogP contribution >= 0.6 is 10.9 Å². The maximum Gasteiger partial charge on any atom is 0.260 e. The van der Waals surface area contributed by atoms with E-state index in [1.54, 1.807) is 12.1 Å². The van der Waals surface area contributed by atoms with Gasteiger partial charge >= 0.3 is 0 Å². The number of rotatable bonds is 5. The van der Waals surface area contributed by atoms with Gasteiger partial charge in [0.25, 0.3) is 6.71 Å². The summed E-state index contributed by atoms with van der Waals surface area (Å²) in [4.78, 5) is 3.19. The standard InChI is InChI=1S/C74H40BN5O6S2/c76-40-42-33-43(41-77)35-48(34-42)88(81,82)47-31-29-44(30-32-47)78-54-20-6-1-15-49(54)67-71(78)68-50-16-2-7-21-55(50)79(45-36-61-70-62(37-45)84-58-24-10-5-19-53(58)75(70)52-18-4-9-23-57(52)83-61)72(68)69-51-17-3-8-22-56(51)80(73(67)69)46-38-63-74-64(39-46)86-60-26-12-14-28-66(60)87(74)65-27-13-11-25-59(65)85-63/h1-39,87H. The molecule has 12 aromatic carbocycles. The van der Waals surface area contributed by atoms with Crippen molar-refractivity contribution in [2.24, 2.45) is 0 Å². The van der Waals surface area contributed by atoms with Crippen LogP contribution in [0.25, 0.3) is 82.5 Å². The SMILES string of the molecule is N#Cc1cc(C#N)cc(S(=O)(=O)c2ccc(-n3c4ccccc4c4c3c3c5ccccc5n(-c5cc6c7c(c5)Oc5ccccc5B7c5ccccc5O6)c3c3c5ccccc5n(-c5cc6c7c(c5)Oc5ccccc5[SH]7c5ccccc5O6)c43)cc2)c1. The van der Waals surface area contributed by atoms with Crippen molar-refractivity contribution in [2.45, 2.75) is 24.5 Å². The number of nitrogens with zero attached hydrogens (tertiary/aromatic N) is 5. The zero-order chi connectivity index (χ0) is 58.3. The second kappa shape index (κ2) is 17.8. The fraction of sp³-hybridized carbons (Fsp3) is 0. The molecule has 0 saturated heterocycles. The van der Waals surface area contributed by atoms with E-state index >= 15 is 0 Å². The Morgan fingerprint density at radius 2 is 0.761 bits per heavy atom. The molecule has 3 aromatic heterocycles. The quantitative estimate of drug-likeness (QED) is 0.133. The summed E-state index contributed by atoms with van der Waals surface area (Å²) in [6.07, 6.45) is 0. The minimum atomic E-state index is -4.19. The second-order valence-corrected chi connectivity index (χ2v) is 26.6. The van der Waals surface area contributed by atoms with E-state index in [4.69, 9.17) is 18.9 Å². The number of thiol groups is 1. The maximum absolute atomic E-state index is 14.5. The van der Waals surface area contributed by atoms with Gasteiger partial charge in [-0.2, -0.15) is 21.4 Å². The molecule has 0 aliphatic carbocycles. The molecule has 11 nitrogen and oxygen atoms in total. The Balaban J connectivity index is 0.952. The van der Waals surface area contributed by atoms with Crippen LogP contribution in [0.3, 0.4) is 0 Å². The first kappa shape index (κ1) is 48.9. The monoisotopic (exact) mass is 1170 g/mol. The van der Waals surface area contributed by atoms with E-state index in [9.17, 15) is 18.9 Å². The summed E-state index contributed by atoms with van der Waals surface area (Å²) in [5.41, 5.74) is 11.2. The van der Waals surface area contributed by atoms with Crippen molar-refractivity contribution in [2.75, 3.05) is 0 Å². The van der Waals surface area contributed by atoms with Crippen molar-refractivity contribution in [1.82, 2.24) is 13.7 Å². The van der Waals surface area contributed by atoms with Crippen molar-refractivity contribution >= 4 is 109 Å². The molecule has 0 fully saturated rings. The van der Waals surface area contributed by atoms with Crippen LogP contribution in [0.15, 0.2) is 261 Å². The fourth-order valence-electron chi connectivity index (χ4n) is 14.4. The molecule has 14 heteroatoms. The summed E-state index contributed by atoms with van der Waals surface area (Å²) in [6.45, 7) is -0.125. The first-order valence-corrected chi connectivity index (χ1v) is 31.6. The van der Waals surface area contributed by atoms with Gasteiger partial charge in [-0.1, -0.05) is 115 Å². The normalized spacial score (nSPS) is 13.6. The molecule has 0 unspecified atom stereocenters. The van der Waals surface area contributed by atoms with Gasteiger partial charge in [-0.05, 0) is 108 Å². The summed E-state index contributed by atoms with van der Waals surface area (Å²) in [5.74, 6) is 6.08. The first-order chi connectivity index (χ1) is 43.3. The van der Waals surface area contributed by atoms with Crippen molar-refractivity contribution < 1.29 is 27.4 Å². The lowest BCUT2D eigenvalue weighted by Crippen LogP contribution is -2.57. The van der Waals surface area contributed by atoms with Crippen LogP contribution in [0.1, 0.15) is 11.1 Å². The van der Waals surface area contributed by atoms with Gasteiger partial charge < -0.3 is 32.6 Å². The Bertz CT molecular complexity index is 5550. The Morgan fingerprint density at radius 1 is 0.375 bits per heavy atom. The highest BCUT2D eigenvalue weighted by Crippen LogP contribution is 2.69. The van der Waals surface area contributed by atoms with Gasteiger partial charge in [-0.3, -0.25) is 0 Å². The van der Waals surface area contributed by atoms with Crippen molar-refractivity contribution in [3.05, 3.63) is 248 Å². The summed E-state index contributed by atoms with van der Waals surface area (Å²) < 4.78 is 64.2. The molecule has 4 aliphatic rings. The lowest BCUT2D eigenvalue weighted by atomic mass is 9.35. The largest absolute Gasteiger partial charge is 0.458 e. The van der Waals surface area contributed by atoms with E-state index in [0.717, 1.165) is 142 Å². The molecule has 0 atom stereocenters. The summed E-state index contributed by atoms with van der Waals surface area (Å²) in [6, 6.07) is 82.4. The molecule has 7 heterocycles. The predicted molar refractivity (Wildman–Crippen MR) is 345 cm³/mol. The van der Waals surface area contributed by atoms with Crippen LogP contribution in [0, 0.1) is 22.7 Å². The van der Waals surface area contributed by atoms with Gasteiger partial charge in [-0.25, -0.2) is 8.42 Å². The van der Waals surface area contributed by atoms with Crippen molar-refractivity contribution in [3.63, 3.8) is 0 Å². The van der Waals surface area contributed by atoms with Gasteiger partial charge in [0, 0.05) is 77.5 Å². The predicted octanol–water partition coefficient (Wildman–Crippen LogP) is 16.0. The highest BCUT2D eigenvalue weighted by Gasteiger charge is 2.42. The van der Waals surface area contributed by atoms with Gasteiger partial charge in [0.05, 0.1) is 82.4 Å². The summed E-state index contributed by atoms with van der Waals surface area (Å²) in [7, 11) is -5.24. The minimum Gasteiger partial charge on any atom is -0.458 e. The molecule has 19 rings (SSSR count). The van der Waals surface area contributed by atoms with E-state index in [0.29, 0.717) is 17.2 Å². The molecule has 4 aliphatic heterocycles. The highest BCUT2D eigenvalue weighted by atomic mass is 32.2. The molecule has 0 spiro atoms. The first-order valence-electron chi connectivity index (χ1n) is 28.8. The second-order valence-electron chi connectivity index (χ2n) is 22.5. The highest BCUT2D eigenvalue weighted by molar-refractivity contribution is 8.17. The Labute approximate surface area is 505 Å². The molecular weight excluding hydrogens is 1130 g/mol. The number of para-hydroxylation sites is 7. The number of hydrogen-bond donors (Lipinski definition) is 1. The van der Waals surface area contributed by atoms with Crippen LogP contribution in [0.2, 0.25) is 0 Å². The minimum absolute atomic E-state index is 0.0169. The number of hydrogen-bond acceptors (Lipinski definition) is 8. The van der Waals surface area contributed by atoms with Crippen molar-refractivity contribution in [1.29, 1.82) is 10.5 Å². The molecule has 0 amide bonds. The van der Waals surface area contributed by atoms with E-state index in [2.05, 4.69) is 165 Å². The molecule has 88 heavy (non-hydrogen) atoms. The lowest BCUT2D eigenvalue weighted by molar-refractivity contribution is 0.416. The number of benzene rings is 12. The van der Waals surface area contributed by atoms with E-state index in [1.165, 1.54) is 18.2 Å². The van der Waals surface area contributed by atoms with Gasteiger partial charge in [0.1, 0.15) is 46.0 Å². The van der Waals surface area contributed by atoms with E-state index in [-0.39, 0.29) is 27.6 Å². The third kappa shape index (κ3) is 6.59. The maximum atomic E-state index is 14.5. The summed E-state index contributed by atoms with van der Waals surface area (Å²) >= 11 is 0. The average Bonchev–Trinajstić information content (AvgIpc) is 1.49. The Hall–Kier alpha value is -11.4. The average molecular weight is 1170 g/mol. The zero-order valence-electron chi connectivity index (χ0n) is 46.1. The van der Waals surface area contributed by atoms with Gasteiger partial charge in [-0.15, -0.1) is 0 Å². The van der Waals surface area contributed by atoms with E-state index < -0.39 is 20.7 Å². The number of fused-ring (bicyclic) bond motifs is 20.